The molecule has 3 aromatic rings. The van der Waals surface area contributed by atoms with Gasteiger partial charge in [0.05, 0.1) is 12.2 Å². The van der Waals surface area contributed by atoms with Gasteiger partial charge in [0.2, 0.25) is 11.2 Å². The molecule has 0 spiro atoms. The summed E-state index contributed by atoms with van der Waals surface area (Å²) < 4.78 is 10.8. The van der Waals surface area contributed by atoms with Crippen molar-refractivity contribution in [2.75, 3.05) is 6.61 Å². The van der Waals surface area contributed by atoms with Gasteiger partial charge in [-0.1, -0.05) is 0 Å². The number of hydrogen-bond donors (Lipinski definition) is 9. The summed E-state index contributed by atoms with van der Waals surface area (Å²) in [6.07, 6.45) is -8.39. The van der Waals surface area contributed by atoms with E-state index in [1.807, 2.05) is 0 Å². The van der Waals surface area contributed by atoms with Crippen LogP contribution in [0, 0.1) is 0 Å². The highest BCUT2D eigenvalue weighted by Gasteiger charge is 2.46. The van der Waals surface area contributed by atoms with Gasteiger partial charge in [-0.15, -0.1) is 0 Å². The van der Waals surface area contributed by atoms with E-state index >= 15 is 0 Å². The second-order valence-corrected chi connectivity index (χ2v) is 7.59. The molecule has 12 heteroatoms. The number of aliphatic hydroxyl groups excluding tert-OH is 4. The molecule has 33 heavy (non-hydrogen) atoms. The van der Waals surface area contributed by atoms with E-state index in [9.17, 15) is 50.8 Å². The summed E-state index contributed by atoms with van der Waals surface area (Å²) in [5, 5.41) is 89.9. The highest BCUT2D eigenvalue weighted by atomic mass is 16.5. The number of ether oxygens (including phenoxy) is 1. The Hall–Kier alpha value is -3.55. The molecular weight excluding hydrogens is 444 g/mol. The molecule has 2 aromatic carbocycles. The molecule has 0 amide bonds. The van der Waals surface area contributed by atoms with Crippen LogP contribution in [0.4, 0.5) is 0 Å². The molecule has 0 aliphatic carbocycles. The molecule has 1 fully saturated rings. The summed E-state index contributed by atoms with van der Waals surface area (Å²) in [7, 11) is 0. The first-order valence-corrected chi connectivity index (χ1v) is 9.64. The normalized spacial score (nSPS) is 25.4. The Bertz CT molecular complexity index is 1280. The summed E-state index contributed by atoms with van der Waals surface area (Å²) in [6, 6.07) is 4.24. The van der Waals surface area contributed by atoms with Gasteiger partial charge in [-0.05, 0) is 18.2 Å². The molecule has 1 saturated heterocycles. The Labute approximate surface area is 184 Å². The van der Waals surface area contributed by atoms with Crippen molar-refractivity contribution in [3.05, 3.63) is 40.1 Å². The maximum absolute atomic E-state index is 12.9. The number of aliphatic hydroxyl groups is 4. The molecule has 9 N–H and O–H groups in total. The van der Waals surface area contributed by atoms with Crippen LogP contribution in [0.1, 0.15) is 11.7 Å². The fourth-order valence-corrected chi connectivity index (χ4v) is 3.81. The topological polar surface area (TPSA) is 222 Å². The third kappa shape index (κ3) is 3.50. The van der Waals surface area contributed by atoms with Crippen molar-refractivity contribution in [2.45, 2.75) is 30.5 Å². The molecule has 12 nitrogen and oxygen atoms in total. The van der Waals surface area contributed by atoms with Crippen molar-refractivity contribution in [1.29, 1.82) is 0 Å². The maximum atomic E-state index is 12.9. The predicted molar refractivity (Wildman–Crippen MR) is 109 cm³/mol. The molecule has 1 aromatic heterocycles. The lowest BCUT2D eigenvalue weighted by atomic mass is 9.89. The van der Waals surface area contributed by atoms with Gasteiger partial charge in [0.15, 0.2) is 17.3 Å². The third-order valence-electron chi connectivity index (χ3n) is 5.57. The monoisotopic (exact) mass is 464 g/mol. The highest BCUT2D eigenvalue weighted by molar-refractivity contribution is 5.90. The van der Waals surface area contributed by atoms with Gasteiger partial charge in [0, 0.05) is 11.6 Å². The standard InChI is InChI=1S/C21H20O12/c22-5-11-14(26)17(29)19(31)21(33-11)12-9(25)4-10-13(15(12)27)16(28)18(30)20(32-10)6-1-2-7(23)8(24)3-6/h1-4,11,14,17,19,21-27,29-31H,5H2/t11-,14-,17+,19-,21?/m1/s1. The van der Waals surface area contributed by atoms with Gasteiger partial charge in [-0.3, -0.25) is 4.79 Å². The molecule has 5 atom stereocenters. The van der Waals surface area contributed by atoms with Gasteiger partial charge in [0.1, 0.15) is 53.0 Å². The fraction of sp³-hybridized carbons (Fsp3) is 0.286. The van der Waals surface area contributed by atoms with Crippen LogP contribution in [0.25, 0.3) is 22.3 Å². The largest absolute Gasteiger partial charge is 0.507 e. The first kappa shape index (κ1) is 22.6. The van der Waals surface area contributed by atoms with Gasteiger partial charge in [0.25, 0.3) is 0 Å². The second kappa shape index (κ2) is 8.10. The van der Waals surface area contributed by atoms with Crippen molar-refractivity contribution in [2.24, 2.45) is 0 Å². The van der Waals surface area contributed by atoms with Crippen molar-refractivity contribution in [1.82, 2.24) is 0 Å². The third-order valence-corrected chi connectivity index (χ3v) is 5.57. The number of phenolic OH excluding ortho intramolecular Hbond substituents is 4. The van der Waals surface area contributed by atoms with Crippen molar-refractivity contribution < 1.29 is 55.1 Å². The molecule has 1 aliphatic heterocycles. The zero-order valence-electron chi connectivity index (χ0n) is 16.7. The van der Waals surface area contributed by atoms with Crippen molar-refractivity contribution in [3.8, 4) is 40.1 Å². The van der Waals surface area contributed by atoms with Gasteiger partial charge >= 0.3 is 0 Å². The van der Waals surface area contributed by atoms with E-state index in [0.29, 0.717) is 0 Å². The number of fused-ring (bicyclic) bond motifs is 1. The number of rotatable bonds is 3. The molecule has 176 valence electrons. The Morgan fingerprint density at radius 3 is 2.15 bits per heavy atom. The molecule has 0 saturated carbocycles. The summed E-state index contributed by atoms with van der Waals surface area (Å²) in [4.78, 5) is 12.9. The van der Waals surface area contributed by atoms with E-state index in [2.05, 4.69) is 0 Å². The fourth-order valence-electron chi connectivity index (χ4n) is 3.81. The van der Waals surface area contributed by atoms with Crippen LogP contribution in [0.3, 0.4) is 0 Å². The molecular formula is C21H20O12. The molecule has 1 unspecified atom stereocenters. The van der Waals surface area contributed by atoms with Crippen LogP contribution in [-0.2, 0) is 4.74 Å². The van der Waals surface area contributed by atoms with Crippen LogP contribution in [0.15, 0.2) is 33.5 Å². The van der Waals surface area contributed by atoms with Crippen LogP contribution in [0.2, 0.25) is 0 Å². The van der Waals surface area contributed by atoms with E-state index in [1.165, 1.54) is 6.07 Å². The lowest BCUT2D eigenvalue weighted by Gasteiger charge is -2.40. The van der Waals surface area contributed by atoms with E-state index in [-0.39, 0.29) is 11.1 Å². The van der Waals surface area contributed by atoms with Crippen molar-refractivity contribution >= 4 is 11.0 Å². The minimum Gasteiger partial charge on any atom is -0.507 e. The van der Waals surface area contributed by atoms with Crippen molar-refractivity contribution in [3.63, 3.8) is 0 Å². The van der Waals surface area contributed by atoms with Gasteiger partial charge in [-0.25, -0.2) is 0 Å². The molecule has 1 aliphatic rings. The summed E-state index contributed by atoms with van der Waals surface area (Å²) in [6.45, 7) is -0.762. The van der Waals surface area contributed by atoms with Crippen LogP contribution < -0.4 is 5.43 Å². The highest BCUT2D eigenvalue weighted by Crippen LogP contribution is 2.45. The van der Waals surface area contributed by atoms with E-state index in [1.54, 1.807) is 0 Å². The minimum absolute atomic E-state index is 0.00112. The molecule has 0 bridgehead atoms. The Morgan fingerprint density at radius 2 is 1.52 bits per heavy atom. The Kier molecular flexibility index (Phi) is 5.56. The Morgan fingerprint density at radius 1 is 0.818 bits per heavy atom. The quantitative estimate of drug-likeness (QED) is 0.224. The molecule has 2 heterocycles. The number of aromatic hydroxyl groups is 5. The van der Waals surface area contributed by atoms with Gasteiger partial charge in [-0.2, -0.15) is 0 Å². The Balaban J connectivity index is 1.91. The SMILES string of the molecule is O=c1c(O)c(-c2ccc(O)c(O)c2)oc2cc(O)c(C3O[C@H](CO)[C@@H](O)[C@H](O)[C@H]3O)c(O)c12. The average molecular weight is 464 g/mol. The zero-order valence-corrected chi connectivity index (χ0v) is 16.7. The lowest BCUT2D eigenvalue weighted by Crippen LogP contribution is -2.55. The minimum atomic E-state index is -1.86. The summed E-state index contributed by atoms with van der Waals surface area (Å²) >= 11 is 0. The number of phenols is 4. The van der Waals surface area contributed by atoms with E-state index in [0.717, 1.165) is 18.2 Å². The lowest BCUT2D eigenvalue weighted by molar-refractivity contribution is -0.232. The summed E-state index contributed by atoms with van der Waals surface area (Å²) in [5.74, 6) is -4.06. The number of benzene rings is 2. The first-order valence-electron chi connectivity index (χ1n) is 9.64. The zero-order chi connectivity index (χ0) is 24.2. The van der Waals surface area contributed by atoms with E-state index in [4.69, 9.17) is 9.15 Å². The maximum Gasteiger partial charge on any atom is 0.238 e. The van der Waals surface area contributed by atoms with E-state index < -0.39 is 88.0 Å². The predicted octanol–water partition coefficient (Wildman–Crippen LogP) is -0.497. The van der Waals surface area contributed by atoms with Crippen LogP contribution in [-0.4, -0.2) is 77.0 Å². The molecule has 4 rings (SSSR count). The van der Waals surface area contributed by atoms with Crippen LogP contribution >= 0.6 is 0 Å². The first-order chi connectivity index (χ1) is 15.6. The second-order valence-electron chi connectivity index (χ2n) is 7.59. The van der Waals surface area contributed by atoms with Gasteiger partial charge < -0.3 is 55.1 Å². The van der Waals surface area contributed by atoms with Crippen LogP contribution in [0.5, 0.6) is 28.7 Å². The average Bonchev–Trinajstić information content (AvgIpc) is 2.77. The summed E-state index contributed by atoms with van der Waals surface area (Å²) in [5.41, 5.74) is -2.06. The smallest absolute Gasteiger partial charge is 0.238 e. The molecule has 0 radical (unpaired) electrons. The number of hydrogen-bond acceptors (Lipinski definition) is 12.